The van der Waals surface area contributed by atoms with Crippen LogP contribution in [-0.4, -0.2) is 46.0 Å². The lowest BCUT2D eigenvalue weighted by Gasteiger charge is -2.45. The van der Waals surface area contributed by atoms with Crippen LogP contribution in [0.2, 0.25) is 65.0 Å². The Hall–Kier alpha value is 0.448. The first kappa shape index (κ1) is 25.4. The molecule has 0 aromatic carbocycles. The Labute approximate surface area is 161 Å². The van der Waals surface area contributed by atoms with E-state index in [1.165, 1.54) is 0 Å². The molecular weight excluding hydrogens is 381 g/mol. The maximum atomic E-state index is 6.72. The van der Waals surface area contributed by atoms with Gasteiger partial charge in [0.25, 0.3) is 0 Å². The van der Waals surface area contributed by atoms with Crippen molar-refractivity contribution in [3.05, 3.63) is 12.2 Å². The molecule has 0 N–H and O–H groups in total. The maximum Gasteiger partial charge on any atom is 0.472 e. The van der Waals surface area contributed by atoms with Crippen LogP contribution in [0.15, 0.2) is 12.2 Å². The lowest BCUT2D eigenvalue weighted by molar-refractivity contribution is 0.00135. The van der Waals surface area contributed by atoms with Gasteiger partial charge in [0.05, 0.1) is 12.2 Å². The van der Waals surface area contributed by atoms with Crippen molar-refractivity contribution in [2.45, 2.75) is 91.3 Å². The van der Waals surface area contributed by atoms with Crippen molar-refractivity contribution >= 4 is 33.8 Å². The minimum Gasteiger partial charge on any atom is -0.417 e. The first-order valence-corrected chi connectivity index (χ1v) is 21.3. The van der Waals surface area contributed by atoms with Crippen LogP contribution < -0.4 is 0 Å². The summed E-state index contributed by atoms with van der Waals surface area (Å²) >= 11 is 0. The van der Waals surface area contributed by atoms with E-state index < -0.39 is 33.8 Å². The van der Waals surface area contributed by atoms with Crippen molar-refractivity contribution in [3.63, 3.8) is 0 Å². The Morgan fingerprint density at radius 2 is 1.08 bits per heavy atom. The van der Waals surface area contributed by atoms with Crippen LogP contribution in [0.25, 0.3) is 0 Å². The Balaban J connectivity index is 5.82. The van der Waals surface area contributed by atoms with Crippen LogP contribution in [0, 0.1) is 0 Å². The summed E-state index contributed by atoms with van der Waals surface area (Å²) in [6.45, 7) is 30.5. The SMILES string of the molecule is C=C(C)COC(C)(C)C[Si](O[Si](C)(C)C)(O[Si](C)(C)C)O[Si](C)(C)C. The largest absolute Gasteiger partial charge is 0.472 e. The summed E-state index contributed by atoms with van der Waals surface area (Å²) in [5.74, 6) is 0. The third kappa shape index (κ3) is 13.3. The molecule has 25 heavy (non-hydrogen) atoms. The van der Waals surface area contributed by atoms with E-state index in [0.717, 1.165) is 5.57 Å². The molecule has 0 heterocycles. The van der Waals surface area contributed by atoms with Gasteiger partial charge in [0, 0.05) is 6.04 Å². The lowest BCUT2D eigenvalue weighted by Crippen LogP contribution is -2.62. The predicted octanol–water partition coefficient (Wildman–Crippen LogP) is 5.85. The van der Waals surface area contributed by atoms with Crippen LogP contribution in [-0.2, 0) is 17.1 Å². The van der Waals surface area contributed by atoms with Gasteiger partial charge < -0.3 is 17.1 Å². The highest BCUT2D eigenvalue weighted by Crippen LogP contribution is 2.34. The van der Waals surface area contributed by atoms with E-state index >= 15 is 0 Å². The van der Waals surface area contributed by atoms with Gasteiger partial charge in [-0.05, 0) is 79.7 Å². The second kappa shape index (κ2) is 8.64. The standard InChI is InChI=1S/C17H42O4Si4/c1-16(2)14-18-17(3,4)15-25(19-22(5,6)7,20-23(8,9)10)21-24(11,12)13/h1,14-15H2,2-13H3. The average molecular weight is 423 g/mol. The lowest BCUT2D eigenvalue weighted by atomic mass is 10.2. The molecule has 0 aromatic rings. The number of ether oxygens (including phenoxy) is 1. The van der Waals surface area contributed by atoms with Crippen LogP contribution >= 0.6 is 0 Å². The molecule has 0 fully saturated rings. The van der Waals surface area contributed by atoms with Crippen molar-refractivity contribution in [2.75, 3.05) is 6.61 Å². The van der Waals surface area contributed by atoms with Crippen LogP contribution in [0.1, 0.15) is 20.8 Å². The molecular formula is C17H42O4Si4. The predicted molar refractivity (Wildman–Crippen MR) is 119 cm³/mol. The van der Waals surface area contributed by atoms with E-state index in [0.29, 0.717) is 12.7 Å². The fraction of sp³-hybridized carbons (Fsp3) is 0.882. The van der Waals surface area contributed by atoms with Crippen molar-refractivity contribution in [2.24, 2.45) is 0 Å². The fourth-order valence-corrected chi connectivity index (χ4v) is 17.3. The zero-order chi connectivity index (χ0) is 20.3. The van der Waals surface area contributed by atoms with Gasteiger partial charge in [0.15, 0.2) is 25.0 Å². The second-order valence-corrected chi connectivity index (χ2v) is 27.4. The van der Waals surface area contributed by atoms with Gasteiger partial charge in [-0.2, -0.15) is 0 Å². The molecule has 0 unspecified atom stereocenters. The molecule has 150 valence electrons. The van der Waals surface area contributed by atoms with Crippen molar-refractivity contribution < 1.29 is 17.1 Å². The Morgan fingerprint density at radius 1 is 0.760 bits per heavy atom. The number of hydrogen-bond donors (Lipinski definition) is 0. The van der Waals surface area contributed by atoms with E-state index in [1.54, 1.807) is 0 Å². The Morgan fingerprint density at radius 3 is 1.32 bits per heavy atom. The third-order valence-electron chi connectivity index (χ3n) is 2.74. The van der Waals surface area contributed by atoms with Crippen molar-refractivity contribution in [1.29, 1.82) is 0 Å². The summed E-state index contributed by atoms with van der Waals surface area (Å²) in [6.07, 6.45) is 0. The highest BCUT2D eigenvalue weighted by atomic mass is 28.5. The molecule has 0 rings (SSSR count). The van der Waals surface area contributed by atoms with Gasteiger partial charge in [-0.25, -0.2) is 0 Å². The maximum absolute atomic E-state index is 6.72. The summed E-state index contributed by atoms with van der Waals surface area (Å²) in [5.41, 5.74) is 0.633. The molecule has 8 heteroatoms. The molecule has 0 amide bonds. The molecule has 0 bridgehead atoms. The molecule has 0 saturated carbocycles. The monoisotopic (exact) mass is 422 g/mol. The average Bonchev–Trinajstić information content (AvgIpc) is 2.16. The third-order valence-corrected chi connectivity index (χ3v) is 15.1. The summed E-state index contributed by atoms with van der Waals surface area (Å²) < 4.78 is 26.3. The quantitative estimate of drug-likeness (QED) is 0.309. The highest BCUT2D eigenvalue weighted by Gasteiger charge is 2.53. The number of rotatable bonds is 11. The Kier molecular flexibility index (Phi) is 8.79. The first-order chi connectivity index (χ1) is 10.7. The molecule has 0 aliphatic rings. The van der Waals surface area contributed by atoms with E-state index in [9.17, 15) is 0 Å². The highest BCUT2D eigenvalue weighted by molar-refractivity contribution is 6.90. The van der Waals surface area contributed by atoms with Gasteiger partial charge in [-0.1, -0.05) is 12.2 Å². The van der Waals surface area contributed by atoms with Crippen LogP contribution in [0.4, 0.5) is 0 Å². The minimum absolute atomic E-state index is 0.385. The molecule has 0 spiro atoms. The molecule has 0 atom stereocenters. The summed E-state index contributed by atoms with van der Waals surface area (Å²) in [5, 5.41) is 0. The number of hydrogen-bond acceptors (Lipinski definition) is 4. The molecule has 4 nitrogen and oxygen atoms in total. The van der Waals surface area contributed by atoms with E-state index in [-0.39, 0.29) is 5.60 Å². The van der Waals surface area contributed by atoms with E-state index in [2.05, 4.69) is 79.3 Å². The summed E-state index contributed by atoms with van der Waals surface area (Å²) in [7, 11) is -8.44. The minimum atomic E-state index is -2.88. The first-order valence-electron chi connectivity index (χ1n) is 9.13. The van der Waals surface area contributed by atoms with E-state index in [4.69, 9.17) is 17.1 Å². The Bertz CT molecular complexity index is 404. The van der Waals surface area contributed by atoms with Crippen LogP contribution in [0.3, 0.4) is 0 Å². The summed E-state index contributed by atoms with van der Waals surface area (Å²) in [6, 6.07) is 0.673. The summed E-state index contributed by atoms with van der Waals surface area (Å²) in [4.78, 5) is 0. The molecule has 0 saturated heterocycles. The van der Waals surface area contributed by atoms with Gasteiger partial charge in [-0.15, -0.1) is 0 Å². The smallest absolute Gasteiger partial charge is 0.417 e. The van der Waals surface area contributed by atoms with Gasteiger partial charge in [0.2, 0.25) is 0 Å². The molecule has 0 radical (unpaired) electrons. The zero-order valence-corrected chi connectivity index (χ0v) is 22.8. The molecule has 0 aliphatic heterocycles. The van der Waals surface area contributed by atoms with Gasteiger partial charge >= 0.3 is 8.80 Å². The van der Waals surface area contributed by atoms with E-state index in [1.807, 2.05) is 6.92 Å². The second-order valence-electron chi connectivity index (χ2n) is 10.5. The molecule has 0 aliphatic carbocycles. The van der Waals surface area contributed by atoms with Gasteiger partial charge in [-0.3, -0.25) is 0 Å². The zero-order valence-electron chi connectivity index (χ0n) is 18.8. The van der Waals surface area contributed by atoms with Crippen molar-refractivity contribution in [1.82, 2.24) is 0 Å². The van der Waals surface area contributed by atoms with Crippen LogP contribution in [0.5, 0.6) is 0 Å². The van der Waals surface area contributed by atoms with Gasteiger partial charge in [0.1, 0.15) is 0 Å². The van der Waals surface area contributed by atoms with Crippen molar-refractivity contribution in [3.8, 4) is 0 Å². The topological polar surface area (TPSA) is 36.9 Å². The molecule has 0 aromatic heterocycles. The fourth-order valence-electron chi connectivity index (χ4n) is 2.46. The normalized spacial score (nSPS) is 14.7.